The van der Waals surface area contributed by atoms with Gasteiger partial charge in [-0.15, -0.1) is 0 Å². The Hall–Kier alpha value is -1.74. The summed E-state index contributed by atoms with van der Waals surface area (Å²) in [6.07, 6.45) is 4.76. The molecule has 9 heteroatoms. The lowest BCUT2D eigenvalue weighted by Crippen LogP contribution is -2.33. The highest BCUT2D eigenvalue weighted by Crippen LogP contribution is 2.21. The molecule has 1 saturated heterocycles. The number of nitrogens with one attached hydrogen (secondary N) is 1. The number of ether oxygens (including phenoxy) is 1. The lowest BCUT2D eigenvalue weighted by atomic mass is 10.2. The van der Waals surface area contributed by atoms with Crippen molar-refractivity contribution in [3.63, 3.8) is 0 Å². The Kier molecular flexibility index (Phi) is 8.23. The molecule has 158 valence electrons. The van der Waals surface area contributed by atoms with Crippen LogP contribution >= 0.6 is 23.8 Å². The van der Waals surface area contributed by atoms with Crippen LogP contribution in [0.4, 0.5) is 0 Å². The first kappa shape index (κ1) is 22.0. The van der Waals surface area contributed by atoms with Gasteiger partial charge in [-0.2, -0.15) is 5.10 Å². The van der Waals surface area contributed by atoms with Crippen LogP contribution in [-0.2, 0) is 27.5 Å². The molecule has 1 atom stereocenters. The van der Waals surface area contributed by atoms with Gasteiger partial charge in [-0.1, -0.05) is 24.9 Å². The van der Waals surface area contributed by atoms with Crippen molar-refractivity contribution in [2.75, 3.05) is 6.61 Å². The molecule has 1 N–H and O–H groups in total. The number of unbranched alkanes of at least 4 members (excludes halogenated alkanes) is 1. The molecule has 2 aromatic rings. The molecule has 0 saturated carbocycles. The number of hydrogen-bond donors (Lipinski definition) is 1. The van der Waals surface area contributed by atoms with Gasteiger partial charge in [0.2, 0.25) is 5.91 Å². The van der Waals surface area contributed by atoms with Crippen molar-refractivity contribution in [3.05, 3.63) is 34.1 Å². The quantitative estimate of drug-likeness (QED) is 0.461. The van der Waals surface area contributed by atoms with Crippen molar-refractivity contribution >= 4 is 29.7 Å². The Morgan fingerprint density at radius 3 is 2.83 bits per heavy atom. The van der Waals surface area contributed by atoms with Crippen molar-refractivity contribution in [3.8, 4) is 11.4 Å². The zero-order valence-electron chi connectivity index (χ0n) is 16.6. The predicted molar refractivity (Wildman–Crippen MR) is 114 cm³/mol. The second-order valence-electron chi connectivity index (χ2n) is 7.03. The Morgan fingerprint density at radius 2 is 2.14 bits per heavy atom. The van der Waals surface area contributed by atoms with Gasteiger partial charge >= 0.3 is 0 Å². The lowest BCUT2D eigenvalue weighted by molar-refractivity contribution is -0.200. The molecule has 2 heterocycles. The zero-order chi connectivity index (χ0) is 20.6. The molecule has 1 aliphatic heterocycles. The van der Waals surface area contributed by atoms with Gasteiger partial charge < -0.3 is 4.74 Å². The van der Waals surface area contributed by atoms with Crippen molar-refractivity contribution < 1.29 is 14.4 Å². The van der Waals surface area contributed by atoms with Gasteiger partial charge in [0.1, 0.15) is 0 Å². The average molecular weight is 439 g/mol. The molecule has 1 aromatic heterocycles. The van der Waals surface area contributed by atoms with Crippen molar-refractivity contribution in [2.24, 2.45) is 0 Å². The number of aryl methyl sites for hydroxylation is 1. The highest BCUT2D eigenvalue weighted by molar-refractivity contribution is 7.71. The summed E-state index contributed by atoms with van der Waals surface area (Å²) in [5, 5.41) is 5.34. The molecule has 3 rings (SSSR count). The summed E-state index contributed by atoms with van der Waals surface area (Å²) in [5.41, 5.74) is 3.42. The first-order valence-corrected chi connectivity index (χ1v) is 10.9. The fourth-order valence-corrected chi connectivity index (χ4v) is 3.55. The number of benzene rings is 1. The van der Waals surface area contributed by atoms with Crippen LogP contribution < -0.4 is 5.48 Å². The molecule has 0 spiro atoms. The summed E-state index contributed by atoms with van der Waals surface area (Å²) in [7, 11) is 0. The Morgan fingerprint density at radius 1 is 1.34 bits per heavy atom. The molecule has 1 unspecified atom stereocenters. The van der Waals surface area contributed by atoms with E-state index < -0.39 is 0 Å². The summed E-state index contributed by atoms with van der Waals surface area (Å²) >= 11 is 11.6. The number of carbonyl (C=O) groups is 1. The van der Waals surface area contributed by atoms with E-state index in [4.69, 9.17) is 33.4 Å². The van der Waals surface area contributed by atoms with Crippen molar-refractivity contribution in [1.82, 2.24) is 19.8 Å². The molecule has 29 heavy (non-hydrogen) atoms. The van der Waals surface area contributed by atoms with E-state index in [9.17, 15) is 4.79 Å². The number of hydroxylamine groups is 1. The van der Waals surface area contributed by atoms with Gasteiger partial charge in [0.05, 0.1) is 6.54 Å². The number of amides is 1. The van der Waals surface area contributed by atoms with E-state index in [0.29, 0.717) is 22.9 Å². The minimum Gasteiger partial charge on any atom is -0.350 e. The van der Waals surface area contributed by atoms with Crippen LogP contribution in [-0.4, -0.2) is 33.2 Å². The normalized spacial score (nSPS) is 16.7. The lowest BCUT2D eigenvalue weighted by Gasteiger charge is -2.22. The van der Waals surface area contributed by atoms with Crippen LogP contribution in [0.3, 0.4) is 0 Å². The van der Waals surface area contributed by atoms with E-state index in [-0.39, 0.29) is 18.6 Å². The monoisotopic (exact) mass is 438 g/mol. The third kappa shape index (κ3) is 6.12. The van der Waals surface area contributed by atoms with Gasteiger partial charge in [0.25, 0.3) is 0 Å². The standard InChI is InChI=1S/C20H27ClN4O3S/c1-2-3-12-24-19(15-7-9-16(21)10-8-15)22-25(20(24)29)13-11-17(26)23-28-18-6-4-5-14-27-18/h7-10,18H,2-6,11-14H2,1H3,(H,23,26). The molecule has 1 fully saturated rings. The molecule has 1 aliphatic rings. The molecule has 1 aromatic carbocycles. The molecule has 7 nitrogen and oxygen atoms in total. The SMILES string of the molecule is CCCCn1c(-c2ccc(Cl)cc2)nn(CCC(=O)NOC2CCCCO2)c1=S. The van der Waals surface area contributed by atoms with Crippen LogP contribution in [0.25, 0.3) is 11.4 Å². The third-order valence-corrected chi connectivity index (χ3v) is 5.44. The Labute approximate surface area is 180 Å². The summed E-state index contributed by atoms with van der Waals surface area (Å²) < 4.78 is 9.76. The number of aromatic nitrogens is 3. The molecular weight excluding hydrogens is 412 g/mol. The van der Waals surface area contributed by atoms with Crippen molar-refractivity contribution in [1.29, 1.82) is 0 Å². The topological polar surface area (TPSA) is 70.3 Å². The fraction of sp³-hybridized carbons (Fsp3) is 0.550. The van der Waals surface area contributed by atoms with Crippen molar-refractivity contribution in [2.45, 2.75) is 64.8 Å². The third-order valence-electron chi connectivity index (χ3n) is 4.75. The van der Waals surface area contributed by atoms with E-state index in [1.165, 1.54) is 0 Å². The first-order valence-electron chi connectivity index (χ1n) is 10.1. The largest absolute Gasteiger partial charge is 0.350 e. The minimum atomic E-state index is -0.361. The maximum atomic E-state index is 12.2. The zero-order valence-corrected chi connectivity index (χ0v) is 18.2. The molecular formula is C20H27ClN4O3S. The molecule has 0 radical (unpaired) electrons. The van der Waals surface area contributed by atoms with Gasteiger partial charge in [-0.05, 0) is 55.7 Å². The summed E-state index contributed by atoms with van der Waals surface area (Å²) in [4.78, 5) is 17.5. The van der Waals surface area contributed by atoms with Crippen LogP contribution in [0, 0.1) is 4.77 Å². The summed E-state index contributed by atoms with van der Waals surface area (Å²) in [5.74, 6) is 0.560. The Balaban J connectivity index is 1.66. The fourth-order valence-electron chi connectivity index (χ4n) is 3.11. The minimum absolute atomic E-state index is 0.214. The number of nitrogens with zero attached hydrogens (tertiary/aromatic N) is 3. The van der Waals surface area contributed by atoms with E-state index in [1.54, 1.807) is 4.68 Å². The predicted octanol–water partition coefficient (Wildman–Crippen LogP) is 4.50. The number of hydrogen-bond acceptors (Lipinski definition) is 5. The second kappa shape index (κ2) is 10.9. The summed E-state index contributed by atoms with van der Waals surface area (Å²) in [6.45, 7) is 3.95. The maximum absolute atomic E-state index is 12.2. The van der Waals surface area contributed by atoms with E-state index >= 15 is 0 Å². The maximum Gasteiger partial charge on any atom is 0.245 e. The van der Waals surface area contributed by atoms with Crippen LogP contribution in [0.1, 0.15) is 45.4 Å². The van der Waals surface area contributed by atoms with Gasteiger partial charge in [0.15, 0.2) is 16.9 Å². The van der Waals surface area contributed by atoms with Crippen LogP contribution in [0.15, 0.2) is 24.3 Å². The van der Waals surface area contributed by atoms with E-state index in [0.717, 1.165) is 50.0 Å². The highest BCUT2D eigenvalue weighted by Gasteiger charge is 2.17. The van der Waals surface area contributed by atoms with E-state index in [1.807, 2.05) is 28.8 Å². The van der Waals surface area contributed by atoms with Gasteiger partial charge in [0, 0.05) is 36.6 Å². The van der Waals surface area contributed by atoms with Crippen LogP contribution in [0.5, 0.6) is 0 Å². The smallest absolute Gasteiger partial charge is 0.245 e. The highest BCUT2D eigenvalue weighted by atomic mass is 35.5. The van der Waals surface area contributed by atoms with Gasteiger partial charge in [-0.3, -0.25) is 9.36 Å². The number of halogens is 1. The van der Waals surface area contributed by atoms with E-state index in [2.05, 4.69) is 17.5 Å². The van der Waals surface area contributed by atoms with Gasteiger partial charge in [-0.25, -0.2) is 15.0 Å². The first-order chi connectivity index (χ1) is 14.1. The van der Waals surface area contributed by atoms with Crippen LogP contribution in [0.2, 0.25) is 5.02 Å². The second-order valence-corrected chi connectivity index (χ2v) is 7.83. The molecule has 0 aliphatic carbocycles. The Bertz CT molecular complexity index is 860. The number of carbonyl (C=O) groups excluding carboxylic acids is 1. The average Bonchev–Trinajstić information content (AvgIpc) is 3.06. The summed E-state index contributed by atoms with van der Waals surface area (Å²) in [6, 6.07) is 7.52. The molecule has 1 amide bonds. The molecule has 0 bridgehead atoms. The number of rotatable bonds is 9.